The Hall–Kier alpha value is -3.63. The molecule has 260 valence electrons. The van der Waals surface area contributed by atoms with Gasteiger partial charge in [-0.3, -0.25) is 14.8 Å². The Labute approximate surface area is 278 Å². The van der Waals surface area contributed by atoms with Crippen molar-refractivity contribution in [1.29, 1.82) is 0 Å². The number of alkyl halides is 2. The van der Waals surface area contributed by atoms with E-state index in [0.29, 0.717) is 50.5 Å². The van der Waals surface area contributed by atoms with Gasteiger partial charge < -0.3 is 19.3 Å². The number of hydrogen-bond acceptors (Lipinski definition) is 7. The predicted octanol–water partition coefficient (Wildman–Crippen LogP) is 8.29. The maximum atomic E-state index is 14.2. The molecule has 2 aliphatic heterocycles. The van der Waals surface area contributed by atoms with Gasteiger partial charge in [-0.05, 0) is 116 Å². The molecule has 2 aliphatic rings. The summed E-state index contributed by atoms with van der Waals surface area (Å²) >= 11 is 0. The molecule has 0 spiro atoms. The van der Waals surface area contributed by atoms with Crippen molar-refractivity contribution in [3.63, 3.8) is 0 Å². The summed E-state index contributed by atoms with van der Waals surface area (Å²) in [6, 6.07) is 6.54. The van der Waals surface area contributed by atoms with Gasteiger partial charge in [-0.15, -0.1) is 0 Å². The number of nitrogens with zero attached hydrogens (tertiary/aromatic N) is 4. The topological polar surface area (TPSA) is 102 Å². The number of carbonyl (C=O) groups is 3. The van der Waals surface area contributed by atoms with Crippen LogP contribution in [-0.2, 0) is 15.4 Å². The van der Waals surface area contributed by atoms with Crippen LogP contribution in [0.1, 0.15) is 109 Å². The van der Waals surface area contributed by atoms with Crippen LogP contribution in [0, 0.1) is 11.8 Å². The van der Waals surface area contributed by atoms with Crippen molar-refractivity contribution in [2.75, 3.05) is 26.2 Å². The van der Waals surface area contributed by atoms with Crippen LogP contribution in [0.4, 0.5) is 18.4 Å². The zero-order valence-electron chi connectivity index (χ0n) is 28.8. The molecule has 9 nitrogen and oxygen atoms in total. The molecule has 0 aliphatic carbocycles. The highest BCUT2D eigenvalue weighted by Crippen LogP contribution is 2.35. The molecule has 2 aromatic heterocycles. The lowest BCUT2D eigenvalue weighted by Crippen LogP contribution is -2.41. The second kappa shape index (κ2) is 17.0. The Morgan fingerprint density at radius 2 is 1.21 bits per heavy atom. The van der Waals surface area contributed by atoms with Crippen LogP contribution in [0.25, 0.3) is 0 Å². The number of amides is 2. The van der Waals surface area contributed by atoms with Crippen LogP contribution in [-0.4, -0.2) is 75.1 Å². The van der Waals surface area contributed by atoms with Crippen molar-refractivity contribution in [2.45, 2.75) is 110 Å². The quantitative estimate of drug-likeness (QED) is 0.263. The van der Waals surface area contributed by atoms with E-state index in [1.165, 1.54) is 24.5 Å². The Morgan fingerprint density at radius 3 is 1.64 bits per heavy atom. The van der Waals surface area contributed by atoms with Crippen LogP contribution in [0.5, 0.6) is 0 Å². The van der Waals surface area contributed by atoms with E-state index in [4.69, 9.17) is 9.47 Å². The summed E-state index contributed by atoms with van der Waals surface area (Å²) in [5.74, 6) is -2.00. The highest BCUT2D eigenvalue weighted by molar-refractivity contribution is 5.95. The summed E-state index contributed by atoms with van der Waals surface area (Å²) in [7, 11) is 0. The van der Waals surface area contributed by atoms with Gasteiger partial charge in [0.25, 0.3) is 5.92 Å². The molecule has 0 N–H and O–H groups in total. The minimum absolute atomic E-state index is 0.0313. The lowest BCUT2D eigenvalue weighted by molar-refractivity contribution is -0.0232. The molecule has 2 saturated heterocycles. The fourth-order valence-electron chi connectivity index (χ4n) is 5.58. The van der Waals surface area contributed by atoms with Crippen LogP contribution in [0.3, 0.4) is 0 Å². The first-order valence-electron chi connectivity index (χ1n) is 16.7. The van der Waals surface area contributed by atoms with Crippen LogP contribution < -0.4 is 0 Å². The first-order chi connectivity index (χ1) is 22.0. The normalized spacial score (nSPS) is 16.6. The van der Waals surface area contributed by atoms with Crippen molar-refractivity contribution in [3.8, 4) is 0 Å². The molecular formula is C36H52F2N4O5. The van der Waals surface area contributed by atoms with Crippen LogP contribution >= 0.6 is 0 Å². The highest BCUT2D eigenvalue weighted by Gasteiger charge is 2.34. The summed E-state index contributed by atoms with van der Waals surface area (Å²) in [5.41, 5.74) is -0.320. The molecule has 4 heterocycles. The lowest BCUT2D eigenvalue weighted by atomic mass is 9.90. The number of piperidine rings is 2. The zero-order chi connectivity index (χ0) is 34.7. The molecule has 0 saturated carbocycles. The van der Waals surface area contributed by atoms with E-state index < -0.39 is 17.1 Å². The number of pyridine rings is 2. The van der Waals surface area contributed by atoms with Gasteiger partial charge in [0.15, 0.2) is 5.78 Å². The predicted molar refractivity (Wildman–Crippen MR) is 176 cm³/mol. The van der Waals surface area contributed by atoms with Gasteiger partial charge in [0.2, 0.25) is 0 Å². The molecular weight excluding hydrogens is 606 g/mol. The Morgan fingerprint density at radius 1 is 0.745 bits per heavy atom. The second-order valence-corrected chi connectivity index (χ2v) is 14.5. The Bertz CT molecular complexity index is 1270. The molecule has 0 radical (unpaired) electrons. The molecule has 2 aromatic rings. The number of hydrogen-bond donors (Lipinski definition) is 0. The number of Topliss-reactive ketones (excluding diaryl/α,β-unsaturated/α-hetero) is 1. The SMILES string of the molecule is CC(C)(C)OC(=O)N1CCC(CCC(=O)c2cccnc2)CC1.CC(C)(C)OC(=O)N1CCC(CCC(F)(F)c2cccnc2)CC1. The van der Waals surface area contributed by atoms with E-state index in [2.05, 4.69) is 9.97 Å². The van der Waals surface area contributed by atoms with E-state index in [0.717, 1.165) is 32.1 Å². The fourth-order valence-corrected chi connectivity index (χ4v) is 5.58. The van der Waals surface area contributed by atoms with Crippen LogP contribution in [0.2, 0.25) is 0 Å². The van der Waals surface area contributed by atoms with E-state index in [1.54, 1.807) is 34.3 Å². The molecule has 47 heavy (non-hydrogen) atoms. The summed E-state index contributed by atoms with van der Waals surface area (Å²) in [5, 5.41) is 0. The second-order valence-electron chi connectivity index (χ2n) is 14.5. The monoisotopic (exact) mass is 658 g/mol. The molecule has 2 amide bonds. The van der Waals surface area contributed by atoms with Crippen molar-refractivity contribution in [1.82, 2.24) is 19.8 Å². The number of aromatic nitrogens is 2. The number of rotatable bonds is 8. The Balaban J connectivity index is 0.000000256. The minimum Gasteiger partial charge on any atom is -0.444 e. The lowest BCUT2D eigenvalue weighted by Gasteiger charge is -2.33. The number of halogens is 2. The average molecular weight is 659 g/mol. The van der Waals surface area contributed by atoms with E-state index in [9.17, 15) is 23.2 Å². The van der Waals surface area contributed by atoms with Gasteiger partial charge in [-0.2, -0.15) is 0 Å². The molecule has 0 bridgehead atoms. The third kappa shape index (κ3) is 13.6. The number of carbonyl (C=O) groups excluding carboxylic acids is 3. The van der Waals surface area contributed by atoms with Crippen molar-refractivity contribution in [3.05, 3.63) is 60.2 Å². The minimum atomic E-state index is -2.85. The Kier molecular flexibility index (Phi) is 13.7. The van der Waals surface area contributed by atoms with Gasteiger partial charge >= 0.3 is 12.2 Å². The molecule has 0 atom stereocenters. The third-order valence-corrected chi connectivity index (χ3v) is 8.25. The smallest absolute Gasteiger partial charge is 0.410 e. The highest BCUT2D eigenvalue weighted by atomic mass is 19.3. The molecule has 0 unspecified atom stereocenters. The van der Waals surface area contributed by atoms with E-state index in [-0.39, 0.29) is 35.9 Å². The number of ether oxygens (including phenoxy) is 2. The molecule has 2 fully saturated rings. The van der Waals surface area contributed by atoms with Crippen molar-refractivity contribution in [2.24, 2.45) is 11.8 Å². The van der Waals surface area contributed by atoms with Crippen molar-refractivity contribution >= 4 is 18.0 Å². The molecule has 0 aromatic carbocycles. The summed E-state index contributed by atoms with van der Waals surface area (Å²) < 4.78 is 39.1. The van der Waals surface area contributed by atoms with E-state index in [1.807, 2.05) is 41.5 Å². The maximum Gasteiger partial charge on any atom is 0.410 e. The average Bonchev–Trinajstić information content (AvgIpc) is 3.03. The molecule has 11 heteroatoms. The van der Waals surface area contributed by atoms with Gasteiger partial charge in [0.05, 0.1) is 0 Å². The third-order valence-electron chi connectivity index (χ3n) is 8.25. The van der Waals surface area contributed by atoms with Crippen LogP contribution in [0.15, 0.2) is 49.1 Å². The fraction of sp³-hybridized carbons (Fsp3) is 0.639. The van der Waals surface area contributed by atoms with Crippen molar-refractivity contribution < 1.29 is 32.6 Å². The summed E-state index contributed by atoms with van der Waals surface area (Å²) in [6.45, 7) is 13.7. The summed E-state index contributed by atoms with van der Waals surface area (Å²) in [4.78, 5) is 47.3. The number of likely N-dealkylation sites (tertiary alicyclic amines) is 2. The van der Waals surface area contributed by atoms with Gasteiger partial charge in [0.1, 0.15) is 11.2 Å². The number of ketones is 1. The first-order valence-corrected chi connectivity index (χ1v) is 16.7. The maximum absolute atomic E-state index is 14.2. The first kappa shape index (κ1) is 37.8. The standard InChI is InChI=1S/C18H26F2N2O2.C18H26N2O3/c1-17(2,3)24-16(23)22-11-7-14(8-12-22)6-9-18(19,20)15-5-4-10-21-13-15;1-18(2,3)23-17(22)20-11-8-14(9-12-20)6-7-16(21)15-5-4-10-19-13-15/h4-5,10,13-14H,6-9,11-12H2,1-3H3;4-5,10,13-14H,6-9,11-12H2,1-3H3. The van der Waals surface area contributed by atoms with Gasteiger partial charge in [0, 0.05) is 74.9 Å². The molecule has 4 rings (SSSR count). The van der Waals surface area contributed by atoms with E-state index >= 15 is 0 Å². The van der Waals surface area contributed by atoms with Gasteiger partial charge in [-0.1, -0.05) is 0 Å². The zero-order valence-corrected chi connectivity index (χ0v) is 28.8. The van der Waals surface area contributed by atoms with Gasteiger partial charge in [-0.25, -0.2) is 18.4 Å². The largest absolute Gasteiger partial charge is 0.444 e. The summed E-state index contributed by atoms with van der Waals surface area (Å²) in [6.07, 6.45) is 10.5.